The average Bonchev–Trinajstić information content (AvgIpc) is 2.93. The van der Waals surface area contributed by atoms with Crippen molar-refractivity contribution in [2.45, 2.75) is 6.18 Å². The SMILES string of the molecule is Fc1ccc(-c2nc(NCC(F)(F)F)c3[nH]cnc3n2)cc1. The number of imidazole rings is 1. The number of halogens is 4. The Morgan fingerprint density at radius 3 is 2.50 bits per heavy atom. The van der Waals surface area contributed by atoms with E-state index in [-0.39, 0.29) is 22.8 Å². The van der Waals surface area contributed by atoms with Crippen LogP contribution in [0.2, 0.25) is 0 Å². The van der Waals surface area contributed by atoms with Crippen molar-refractivity contribution in [3.63, 3.8) is 0 Å². The highest BCUT2D eigenvalue weighted by atomic mass is 19.4. The Hall–Kier alpha value is -2.71. The van der Waals surface area contributed by atoms with E-state index >= 15 is 0 Å². The molecular weight excluding hydrogens is 302 g/mol. The third-order valence-electron chi connectivity index (χ3n) is 2.84. The van der Waals surface area contributed by atoms with Gasteiger partial charge in [-0.2, -0.15) is 13.2 Å². The fraction of sp³-hybridized carbons (Fsp3) is 0.154. The van der Waals surface area contributed by atoms with Gasteiger partial charge in [-0.15, -0.1) is 0 Å². The molecule has 0 radical (unpaired) electrons. The van der Waals surface area contributed by atoms with Crippen molar-refractivity contribution in [2.24, 2.45) is 0 Å². The van der Waals surface area contributed by atoms with Gasteiger partial charge in [-0.1, -0.05) is 0 Å². The molecule has 0 aliphatic rings. The van der Waals surface area contributed by atoms with Gasteiger partial charge in [-0.05, 0) is 24.3 Å². The number of rotatable bonds is 3. The molecule has 0 saturated heterocycles. The normalized spacial score (nSPS) is 11.8. The summed E-state index contributed by atoms with van der Waals surface area (Å²) in [5.74, 6) is -0.288. The molecule has 2 N–H and O–H groups in total. The van der Waals surface area contributed by atoms with Crippen LogP contribution in [0.1, 0.15) is 0 Å². The molecule has 9 heteroatoms. The molecule has 2 heterocycles. The Labute approximate surface area is 121 Å². The Morgan fingerprint density at radius 1 is 1.09 bits per heavy atom. The summed E-state index contributed by atoms with van der Waals surface area (Å²) in [6.07, 6.45) is -3.07. The quantitative estimate of drug-likeness (QED) is 0.729. The topological polar surface area (TPSA) is 66.5 Å². The first kappa shape index (κ1) is 14.2. The zero-order valence-corrected chi connectivity index (χ0v) is 10.9. The number of hydrogen-bond donors (Lipinski definition) is 2. The molecule has 0 aliphatic carbocycles. The molecule has 0 aliphatic heterocycles. The first-order valence-corrected chi connectivity index (χ1v) is 6.20. The van der Waals surface area contributed by atoms with Crippen LogP contribution in [0.3, 0.4) is 0 Å². The summed E-state index contributed by atoms with van der Waals surface area (Å²) >= 11 is 0. The zero-order valence-electron chi connectivity index (χ0n) is 10.9. The van der Waals surface area contributed by atoms with Gasteiger partial charge in [0.2, 0.25) is 0 Å². The van der Waals surface area contributed by atoms with E-state index in [0.29, 0.717) is 5.56 Å². The monoisotopic (exact) mass is 311 g/mol. The van der Waals surface area contributed by atoms with E-state index in [4.69, 9.17) is 0 Å². The number of aromatic amines is 1. The summed E-state index contributed by atoms with van der Waals surface area (Å²) in [6.45, 7) is -1.24. The Balaban J connectivity index is 2.03. The van der Waals surface area contributed by atoms with Crippen LogP contribution in [-0.4, -0.2) is 32.7 Å². The second-order valence-corrected chi connectivity index (χ2v) is 4.47. The van der Waals surface area contributed by atoms with Gasteiger partial charge >= 0.3 is 6.18 Å². The first-order valence-electron chi connectivity index (χ1n) is 6.20. The number of nitrogens with zero attached hydrogens (tertiary/aromatic N) is 3. The summed E-state index contributed by atoms with van der Waals surface area (Å²) in [7, 11) is 0. The van der Waals surface area contributed by atoms with Crippen LogP contribution < -0.4 is 5.32 Å². The van der Waals surface area contributed by atoms with Gasteiger partial charge in [0, 0.05) is 5.56 Å². The number of anilines is 1. The lowest BCUT2D eigenvalue weighted by Gasteiger charge is -2.10. The van der Waals surface area contributed by atoms with Crippen LogP contribution in [-0.2, 0) is 0 Å². The van der Waals surface area contributed by atoms with Crippen LogP contribution >= 0.6 is 0 Å². The molecule has 0 saturated carbocycles. The molecule has 0 unspecified atom stereocenters. The van der Waals surface area contributed by atoms with Crippen molar-refractivity contribution < 1.29 is 17.6 Å². The molecule has 0 bridgehead atoms. The van der Waals surface area contributed by atoms with Gasteiger partial charge < -0.3 is 10.3 Å². The van der Waals surface area contributed by atoms with Crippen LogP contribution in [0.4, 0.5) is 23.4 Å². The number of H-pyrrole nitrogens is 1. The molecule has 22 heavy (non-hydrogen) atoms. The van der Waals surface area contributed by atoms with Crippen LogP contribution in [0.25, 0.3) is 22.6 Å². The molecule has 0 spiro atoms. The Morgan fingerprint density at radius 2 is 1.82 bits per heavy atom. The predicted molar refractivity (Wildman–Crippen MR) is 71.6 cm³/mol. The molecule has 0 atom stereocenters. The molecule has 0 fully saturated rings. The third-order valence-corrected chi connectivity index (χ3v) is 2.84. The van der Waals surface area contributed by atoms with E-state index in [2.05, 4.69) is 25.3 Å². The number of aromatic nitrogens is 4. The molecule has 0 amide bonds. The smallest absolute Gasteiger partial charge is 0.359 e. The number of nitrogens with one attached hydrogen (secondary N) is 2. The highest BCUT2D eigenvalue weighted by Gasteiger charge is 2.27. The maximum absolute atomic E-state index is 12.9. The molecule has 3 rings (SSSR count). The number of fused-ring (bicyclic) bond motifs is 1. The van der Waals surface area contributed by atoms with Crippen LogP contribution in [0, 0.1) is 5.82 Å². The Bertz CT molecular complexity index is 794. The van der Waals surface area contributed by atoms with Gasteiger partial charge in [-0.25, -0.2) is 19.3 Å². The standard InChI is InChI=1S/C13H9F4N5/c14-8-3-1-7(2-4-8)10-21-11(18-5-13(15,16)17)9-12(22-10)20-6-19-9/h1-4,6H,5H2,(H2,18,19,20,21,22). The van der Waals surface area contributed by atoms with Crippen LogP contribution in [0.5, 0.6) is 0 Å². The van der Waals surface area contributed by atoms with Crippen molar-refractivity contribution in [3.8, 4) is 11.4 Å². The highest BCUT2D eigenvalue weighted by molar-refractivity contribution is 5.84. The second kappa shape index (κ2) is 5.24. The largest absolute Gasteiger partial charge is 0.405 e. The molecule has 5 nitrogen and oxygen atoms in total. The average molecular weight is 311 g/mol. The molecule has 1 aromatic carbocycles. The highest BCUT2D eigenvalue weighted by Crippen LogP contribution is 2.24. The molecular formula is C13H9F4N5. The number of hydrogen-bond acceptors (Lipinski definition) is 4. The lowest BCUT2D eigenvalue weighted by Crippen LogP contribution is -2.22. The van der Waals surface area contributed by atoms with E-state index in [1.807, 2.05) is 0 Å². The lowest BCUT2D eigenvalue weighted by atomic mass is 10.2. The lowest BCUT2D eigenvalue weighted by molar-refractivity contribution is -0.115. The van der Waals surface area contributed by atoms with Crippen molar-refractivity contribution in [1.29, 1.82) is 0 Å². The van der Waals surface area contributed by atoms with Crippen molar-refractivity contribution in [3.05, 3.63) is 36.4 Å². The fourth-order valence-corrected chi connectivity index (χ4v) is 1.87. The van der Waals surface area contributed by atoms with Crippen molar-refractivity contribution in [1.82, 2.24) is 19.9 Å². The van der Waals surface area contributed by atoms with Gasteiger partial charge in [0.1, 0.15) is 17.9 Å². The van der Waals surface area contributed by atoms with Crippen molar-refractivity contribution in [2.75, 3.05) is 11.9 Å². The first-order chi connectivity index (χ1) is 10.4. The Kier molecular flexibility index (Phi) is 3.39. The maximum Gasteiger partial charge on any atom is 0.405 e. The van der Waals surface area contributed by atoms with Crippen molar-refractivity contribution >= 4 is 17.0 Å². The van der Waals surface area contributed by atoms with Gasteiger partial charge in [0.15, 0.2) is 17.3 Å². The maximum atomic E-state index is 12.9. The zero-order chi connectivity index (χ0) is 15.7. The molecule has 2 aromatic heterocycles. The van der Waals surface area contributed by atoms with E-state index in [9.17, 15) is 17.6 Å². The molecule has 3 aromatic rings. The minimum absolute atomic E-state index is 0.0147. The summed E-state index contributed by atoms with van der Waals surface area (Å²) in [4.78, 5) is 14.8. The minimum Gasteiger partial charge on any atom is -0.359 e. The second-order valence-electron chi connectivity index (χ2n) is 4.47. The predicted octanol–water partition coefficient (Wildman–Crippen LogP) is 3.13. The summed E-state index contributed by atoms with van der Waals surface area (Å²) in [5, 5.41) is 2.21. The minimum atomic E-state index is -4.38. The van der Waals surface area contributed by atoms with Gasteiger partial charge in [0.05, 0.1) is 6.33 Å². The van der Waals surface area contributed by atoms with E-state index < -0.39 is 18.5 Å². The summed E-state index contributed by atoms with van der Waals surface area (Å²) in [5.41, 5.74) is 0.968. The van der Waals surface area contributed by atoms with Gasteiger partial charge in [-0.3, -0.25) is 0 Å². The van der Waals surface area contributed by atoms with E-state index in [1.165, 1.54) is 30.6 Å². The third kappa shape index (κ3) is 2.97. The number of alkyl halides is 3. The van der Waals surface area contributed by atoms with E-state index in [1.54, 1.807) is 0 Å². The van der Waals surface area contributed by atoms with E-state index in [0.717, 1.165) is 0 Å². The van der Waals surface area contributed by atoms with Crippen LogP contribution in [0.15, 0.2) is 30.6 Å². The summed E-state index contributed by atoms with van der Waals surface area (Å²) in [6, 6.07) is 5.32. The summed E-state index contributed by atoms with van der Waals surface area (Å²) < 4.78 is 50.0. The molecule has 114 valence electrons. The van der Waals surface area contributed by atoms with Gasteiger partial charge in [0.25, 0.3) is 0 Å². The fourth-order valence-electron chi connectivity index (χ4n) is 1.87. The number of benzene rings is 1.